The van der Waals surface area contributed by atoms with Crippen molar-refractivity contribution < 1.29 is 0 Å². The highest BCUT2D eigenvalue weighted by Crippen LogP contribution is 2.33. The maximum Gasteiger partial charge on any atom is 0.0940 e. The number of aromatic nitrogens is 1. The summed E-state index contributed by atoms with van der Waals surface area (Å²) in [6.45, 7) is 8.00. The van der Waals surface area contributed by atoms with Crippen LogP contribution in [0.25, 0.3) is 0 Å². The summed E-state index contributed by atoms with van der Waals surface area (Å²) in [4.78, 5) is 7.35. The molecule has 1 aromatic rings. The molecule has 1 N–H and O–H groups in total. The van der Waals surface area contributed by atoms with Crippen molar-refractivity contribution in [3.05, 3.63) is 16.1 Å². The van der Waals surface area contributed by atoms with Crippen molar-refractivity contribution in [3.63, 3.8) is 0 Å². The molecule has 0 amide bonds. The number of hydrogen-bond acceptors (Lipinski definition) is 4. The summed E-state index contributed by atoms with van der Waals surface area (Å²) in [5.41, 5.74) is 1.61. The van der Waals surface area contributed by atoms with Gasteiger partial charge in [0.05, 0.1) is 5.01 Å². The van der Waals surface area contributed by atoms with Crippen LogP contribution in [0.4, 0.5) is 0 Å². The van der Waals surface area contributed by atoms with Crippen molar-refractivity contribution in [2.75, 3.05) is 19.6 Å². The lowest BCUT2D eigenvalue weighted by Crippen LogP contribution is -2.63. The maximum atomic E-state index is 4.61. The van der Waals surface area contributed by atoms with E-state index in [4.69, 9.17) is 0 Å². The Kier molecular flexibility index (Phi) is 4.43. The fraction of sp³-hybridized carbons (Fsp3) is 0.812. The quantitative estimate of drug-likeness (QED) is 0.925. The largest absolute Gasteiger partial charge is 0.308 e. The summed E-state index contributed by atoms with van der Waals surface area (Å²) in [5, 5.41) is 7.34. The van der Waals surface area contributed by atoms with Gasteiger partial charge in [0.2, 0.25) is 0 Å². The lowest BCUT2D eigenvalue weighted by atomic mass is 9.91. The van der Waals surface area contributed by atoms with Crippen molar-refractivity contribution in [2.24, 2.45) is 0 Å². The zero-order valence-electron chi connectivity index (χ0n) is 12.8. The Bertz CT molecular complexity index is 437. The minimum Gasteiger partial charge on any atom is -0.308 e. The minimum absolute atomic E-state index is 0.435. The topological polar surface area (TPSA) is 28.2 Å². The molecule has 1 aliphatic carbocycles. The summed E-state index contributed by atoms with van der Waals surface area (Å²) < 4.78 is 0. The zero-order valence-corrected chi connectivity index (χ0v) is 13.6. The number of nitrogens with one attached hydrogen (secondary N) is 1. The van der Waals surface area contributed by atoms with Crippen molar-refractivity contribution in [2.45, 2.75) is 64.0 Å². The van der Waals surface area contributed by atoms with Gasteiger partial charge in [-0.2, -0.15) is 0 Å². The van der Waals surface area contributed by atoms with Gasteiger partial charge in [-0.25, -0.2) is 4.98 Å². The summed E-state index contributed by atoms with van der Waals surface area (Å²) in [6.07, 6.45) is 7.92. The Labute approximate surface area is 126 Å². The molecule has 20 heavy (non-hydrogen) atoms. The van der Waals surface area contributed by atoms with Crippen molar-refractivity contribution in [1.82, 2.24) is 15.2 Å². The molecule has 1 atom stereocenters. The van der Waals surface area contributed by atoms with E-state index in [0.717, 1.165) is 6.42 Å². The van der Waals surface area contributed by atoms with Crippen LogP contribution in [-0.2, 0) is 6.42 Å². The molecule has 1 aliphatic heterocycles. The molecule has 0 aromatic carbocycles. The third kappa shape index (κ3) is 3.07. The van der Waals surface area contributed by atoms with Crippen molar-refractivity contribution >= 4 is 11.3 Å². The number of nitrogens with zero attached hydrogens (tertiary/aromatic N) is 2. The van der Waals surface area contributed by atoms with E-state index in [1.807, 2.05) is 11.3 Å². The molecule has 112 valence electrons. The van der Waals surface area contributed by atoms with Crippen LogP contribution in [0.3, 0.4) is 0 Å². The predicted molar refractivity (Wildman–Crippen MR) is 85.4 cm³/mol. The average Bonchev–Trinajstić information content (AvgIpc) is 3.07. The van der Waals surface area contributed by atoms with Gasteiger partial charge in [-0.3, -0.25) is 4.90 Å². The second-order valence-corrected chi connectivity index (χ2v) is 7.48. The molecule has 1 saturated carbocycles. The fourth-order valence-electron chi connectivity index (χ4n) is 3.84. The molecule has 1 saturated heterocycles. The highest BCUT2D eigenvalue weighted by molar-refractivity contribution is 7.09. The number of aryl methyl sites for hydroxylation is 1. The molecule has 1 unspecified atom stereocenters. The first-order valence-corrected chi connectivity index (χ1v) is 8.99. The first-order chi connectivity index (χ1) is 9.71. The Morgan fingerprint density at radius 2 is 2.25 bits per heavy atom. The zero-order chi connectivity index (χ0) is 14.0. The van der Waals surface area contributed by atoms with Crippen LogP contribution in [0.15, 0.2) is 5.38 Å². The lowest BCUT2D eigenvalue weighted by molar-refractivity contribution is 0.0794. The Hall–Kier alpha value is -0.450. The minimum atomic E-state index is 0.435. The second kappa shape index (κ2) is 6.12. The van der Waals surface area contributed by atoms with E-state index < -0.39 is 0 Å². The van der Waals surface area contributed by atoms with E-state index in [0.29, 0.717) is 11.6 Å². The van der Waals surface area contributed by atoms with E-state index in [9.17, 15) is 0 Å². The fourth-order valence-corrected chi connectivity index (χ4v) is 4.61. The number of hydrogen-bond donors (Lipinski definition) is 1. The van der Waals surface area contributed by atoms with E-state index in [2.05, 4.69) is 34.4 Å². The standard InChI is InChI=1S/C16H27N3S/c1-3-14-10-17-16(7-4-5-8-16)12-19(14)9-6-15-18-13(2)11-20-15/h11,14,17H,3-10,12H2,1-2H3. The molecule has 3 nitrogen and oxygen atoms in total. The normalized spacial score (nSPS) is 26.4. The van der Waals surface area contributed by atoms with Crippen LogP contribution in [0.2, 0.25) is 0 Å². The van der Waals surface area contributed by atoms with Gasteiger partial charge >= 0.3 is 0 Å². The van der Waals surface area contributed by atoms with E-state index >= 15 is 0 Å². The Balaban J connectivity index is 1.61. The number of piperazine rings is 1. The van der Waals surface area contributed by atoms with Crippen LogP contribution in [0.1, 0.15) is 49.7 Å². The van der Waals surface area contributed by atoms with Crippen LogP contribution in [0.5, 0.6) is 0 Å². The van der Waals surface area contributed by atoms with Crippen LogP contribution in [0, 0.1) is 6.92 Å². The Morgan fingerprint density at radius 3 is 2.90 bits per heavy atom. The van der Waals surface area contributed by atoms with Gasteiger partial charge in [-0.15, -0.1) is 11.3 Å². The molecule has 3 rings (SSSR count). The smallest absolute Gasteiger partial charge is 0.0940 e. The first kappa shape index (κ1) is 14.5. The summed E-state index contributed by atoms with van der Waals surface area (Å²) >= 11 is 1.82. The van der Waals surface area contributed by atoms with Gasteiger partial charge in [0.15, 0.2) is 0 Å². The summed E-state index contributed by atoms with van der Waals surface area (Å²) in [7, 11) is 0. The van der Waals surface area contributed by atoms with Crippen molar-refractivity contribution in [1.29, 1.82) is 0 Å². The molecular weight excluding hydrogens is 266 g/mol. The number of thiazole rings is 1. The molecule has 4 heteroatoms. The predicted octanol–water partition coefficient (Wildman–Crippen LogP) is 2.99. The molecule has 0 bridgehead atoms. The molecule has 1 aromatic heterocycles. The summed E-state index contributed by atoms with van der Waals surface area (Å²) in [5.74, 6) is 0. The van der Waals surface area contributed by atoms with E-state index in [1.54, 1.807) is 0 Å². The highest BCUT2D eigenvalue weighted by atomic mass is 32.1. The van der Waals surface area contributed by atoms with Crippen LogP contribution >= 0.6 is 11.3 Å². The van der Waals surface area contributed by atoms with Gasteiger partial charge in [-0.1, -0.05) is 19.8 Å². The van der Waals surface area contributed by atoms with Crippen LogP contribution in [-0.4, -0.2) is 41.1 Å². The second-order valence-electron chi connectivity index (χ2n) is 6.53. The molecule has 1 spiro atoms. The van der Waals surface area contributed by atoms with Gasteiger partial charge in [0.25, 0.3) is 0 Å². The first-order valence-electron chi connectivity index (χ1n) is 8.11. The lowest BCUT2D eigenvalue weighted by Gasteiger charge is -2.46. The molecule has 2 fully saturated rings. The third-order valence-corrected chi connectivity index (χ3v) is 6.07. The number of rotatable bonds is 4. The monoisotopic (exact) mass is 293 g/mol. The molecule has 0 radical (unpaired) electrons. The SMILES string of the molecule is CCC1CNC2(CCCC2)CN1CCc1nc(C)cs1. The van der Waals surface area contributed by atoms with Gasteiger partial charge in [0.1, 0.15) is 0 Å². The van der Waals surface area contributed by atoms with Crippen molar-refractivity contribution in [3.8, 4) is 0 Å². The third-order valence-electron chi connectivity index (χ3n) is 5.05. The maximum absolute atomic E-state index is 4.61. The summed E-state index contributed by atoms with van der Waals surface area (Å²) in [6, 6.07) is 0.710. The Morgan fingerprint density at radius 1 is 1.45 bits per heavy atom. The van der Waals surface area contributed by atoms with Gasteiger partial charge in [-0.05, 0) is 26.2 Å². The van der Waals surface area contributed by atoms with E-state index in [1.165, 1.54) is 62.4 Å². The van der Waals surface area contributed by atoms with E-state index in [-0.39, 0.29) is 0 Å². The molecular formula is C16H27N3S. The average molecular weight is 293 g/mol. The van der Waals surface area contributed by atoms with Crippen LogP contribution < -0.4 is 5.32 Å². The van der Waals surface area contributed by atoms with Gasteiger partial charge in [0, 0.05) is 48.7 Å². The molecule has 2 aliphatic rings. The highest BCUT2D eigenvalue weighted by Gasteiger charge is 2.40. The molecule has 2 heterocycles. The van der Waals surface area contributed by atoms with Gasteiger partial charge < -0.3 is 5.32 Å².